The summed E-state index contributed by atoms with van der Waals surface area (Å²) in [6.45, 7) is 2.22. The molecular formula is C20H21FN3O2+. The number of hydrogen-bond acceptors (Lipinski definition) is 3. The van der Waals surface area contributed by atoms with Crippen LogP contribution in [0.25, 0.3) is 16.6 Å². The molecule has 1 aromatic heterocycles. The number of ether oxygens (including phenoxy) is 1. The van der Waals surface area contributed by atoms with E-state index in [2.05, 4.69) is 5.32 Å². The number of aromatic nitrogens is 2. The Morgan fingerprint density at radius 1 is 1.19 bits per heavy atom. The molecule has 4 rings (SSSR count). The van der Waals surface area contributed by atoms with Gasteiger partial charge in [-0.15, -0.1) is 0 Å². The summed E-state index contributed by atoms with van der Waals surface area (Å²) in [6, 6.07) is 13.2. The Hall–Kier alpha value is -2.57. The molecule has 2 aromatic carbocycles. The van der Waals surface area contributed by atoms with Crippen LogP contribution < -0.4 is 10.9 Å². The first-order chi connectivity index (χ1) is 12.7. The van der Waals surface area contributed by atoms with Crippen molar-refractivity contribution in [3.63, 3.8) is 0 Å². The maximum atomic E-state index is 13.3. The second-order valence-electron chi connectivity index (χ2n) is 6.53. The van der Waals surface area contributed by atoms with Gasteiger partial charge in [0, 0.05) is 6.61 Å². The maximum absolute atomic E-state index is 13.3. The fraction of sp³-hybridized carbons (Fsp3) is 0.300. The van der Waals surface area contributed by atoms with Gasteiger partial charge in [-0.2, -0.15) is 0 Å². The molecule has 0 bridgehead atoms. The summed E-state index contributed by atoms with van der Waals surface area (Å²) in [6.07, 6.45) is 2.45. The first kappa shape index (κ1) is 16.9. The van der Waals surface area contributed by atoms with Crippen LogP contribution in [0.2, 0.25) is 0 Å². The molecule has 0 spiro atoms. The standard InChI is InChI=1S/C20H20FN3O2/c21-14-7-9-15(10-8-14)24-19(13-22-12-16-4-3-11-26-16)23-18-6-2-1-5-17(18)20(24)25/h1-2,5-10,16,22H,3-4,11-13H2/p+1/t16-/m1/s1. The van der Waals surface area contributed by atoms with Gasteiger partial charge in [0.25, 0.3) is 5.56 Å². The van der Waals surface area contributed by atoms with Crippen molar-refractivity contribution in [1.82, 2.24) is 9.55 Å². The highest BCUT2D eigenvalue weighted by Crippen LogP contribution is 2.13. The highest BCUT2D eigenvalue weighted by molar-refractivity contribution is 5.77. The molecule has 6 heteroatoms. The van der Waals surface area contributed by atoms with Gasteiger partial charge < -0.3 is 10.1 Å². The largest absolute Gasteiger partial charge is 0.372 e. The fourth-order valence-electron chi connectivity index (χ4n) is 3.40. The van der Waals surface area contributed by atoms with Crippen LogP contribution in [-0.2, 0) is 11.3 Å². The van der Waals surface area contributed by atoms with Crippen LogP contribution in [-0.4, -0.2) is 28.8 Å². The van der Waals surface area contributed by atoms with Crippen LogP contribution in [0.5, 0.6) is 0 Å². The number of benzene rings is 2. The SMILES string of the molecule is O=c1c2ccccc2nc(C[NH2+]C[C@H]2CCCO2)n1-c1ccc(F)cc1. The number of para-hydroxylation sites is 1. The average Bonchev–Trinajstić information content (AvgIpc) is 3.17. The molecule has 0 unspecified atom stereocenters. The molecule has 2 N–H and O–H groups in total. The monoisotopic (exact) mass is 354 g/mol. The molecular weight excluding hydrogens is 333 g/mol. The van der Waals surface area contributed by atoms with Crippen molar-refractivity contribution in [1.29, 1.82) is 0 Å². The first-order valence-corrected chi connectivity index (χ1v) is 8.92. The summed E-state index contributed by atoms with van der Waals surface area (Å²) in [4.78, 5) is 17.7. The van der Waals surface area contributed by atoms with E-state index in [0.717, 1.165) is 26.0 Å². The van der Waals surface area contributed by atoms with Gasteiger partial charge in [-0.05, 0) is 49.2 Å². The van der Waals surface area contributed by atoms with E-state index in [1.807, 2.05) is 18.2 Å². The third-order valence-electron chi connectivity index (χ3n) is 4.71. The van der Waals surface area contributed by atoms with E-state index in [1.165, 1.54) is 12.1 Å². The molecule has 0 amide bonds. The Labute approximate surface area is 150 Å². The van der Waals surface area contributed by atoms with Crippen LogP contribution >= 0.6 is 0 Å². The molecule has 0 aliphatic carbocycles. The maximum Gasteiger partial charge on any atom is 0.266 e. The number of nitrogens with two attached hydrogens (primary N) is 1. The lowest BCUT2D eigenvalue weighted by Gasteiger charge is -2.14. The number of fused-ring (bicyclic) bond motifs is 1. The molecule has 3 aromatic rings. The van der Waals surface area contributed by atoms with E-state index in [9.17, 15) is 9.18 Å². The molecule has 1 aliphatic rings. The van der Waals surface area contributed by atoms with E-state index < -0.39 is 0 Å². The van der Waals surface area contributed by atoms with Gasteiger partial charge in [0.05, 0.1) is 16.6 Å². The fourth-order valence-corrected chi connectivity index (χ4v) is 3.40. The number of rotatable bonds is 5. The molecule has 1 atom stereocenters. The second-order valence-corrected chi connectivity index (χ2v) is 6.53. The minimum atomic E-state index is -0.331. The Kier molecular flexibility index (Phi) is 4.77. The number of quaternary nitrogens is 1. The molecule has 5 nitrogen and oxygen atoms in total. The summed E-state index contributed by atoms with van der Waals surface area (Å²) in [5, 5.41) is 2.67. The number of halogens is 1. The highest BCUT2D eigenvalue weighted by Gasteiger charge is 2.18. The molecule has 1 aliphatic heterocycles. The predicted octanol–water partition coefficient (Wildman–Crippen LogP) is 1.77. The van der Waals surface area contributed by atoms with Crippen LogP contribution in [0, 0.1) is 5.82 Å². The lowest BCUT2D eigenvalue weighted by molar-refractivity contribution is -0.677. The van der Waals surface area contributed by atoms with Gasteiger partial charge in [-0.3, -0.25) is 9.36 Å². The third-order valence-corrected chi connectivity index (χ3v) is 4.71. The Morgan fingerprint density at radius 3 is 2.77 bits per heavy atom. The third kappa shape index (κ3) is 3.38. The van der Waals surface area contributed by atoms with Crippen molar-refractivity contribution in [2.24, 2.45) is 0 Å². The highest BCUT2D eigenvalue weighted by atomic mass is 19.1. The van der Waals surface area contributed by atoms with Crippen molar-refractivity contribution in [3.05, 3.63) is 70.5 Å². The molecule has 1 fully saturated rings. The van der Waals surface area contributed by atoms with Gasteiger partial charge in [-0.25, -0.2) is 9.37 Å². The van der Waals surface area contributed by atoms with Gasteiger partial charge >= 0.3 is 0 Å². The van der Waals surface area contributed by atoms with E-state index >= 15 is 0 Å². The zero-order chi connectivity index (χ0) is 17.9. The normalized spacial score (nSPS) is 17.0. The van der Waals surface area contributed by atoms with Gasteiger partial charge in [0.1, 0.15) is 25.0 Å². The molecule has 1 saturated heterocycles. The van der Waals surface area contributed by atoms with Gasteiger partial charge in [0.15, 0.2) is 5.82 Å². The lowest BCUT2D eigenvalue weighted by Crippen LogP contribution is -2.85. The molecule has 2 heterocycles. The van der Waals surface area contributed by atoms with Crippen molar-refractivity contribution in [2.75, 3.05) is 13.2 Å². The number of hydrogen-bond donors (Lipinski definition) is 1. The topological polar surface area (TPSA) is 60.7 Å². The summed E-state index contributed by atoms with van der Waals surface area (Å²) in [7, 11) is 0. The van der Waals surface area contributed by atoms with Crippen LogP contribution in [0.4, 0.5) is 4.39 Å². The van der Waals surface area contributed by atoms with Crippen molar-refractivity contribution in [3.8, 4) is 5.69 Å². The van der Waals surface area contributed by atoms with Crippen molar-refractivity contribution in [2.45, 2.75) is 25.5 Å². The Balaban J connectivity index is 1.72. The molecule has 0 saturated carbocycles. The van der Waals surface area contributed by atoms with Crippen LogP contribution in [0.3, 0.4) is 0 Å². The average molecular weight is 354 g/mol. The molecule has 134 valence electrons. The predicted molar refractivity (Wildman–Crippen MR) is 96.8 cm³/mol. The Bertz CT molecular complexity index is 963. The quantitative estimate of drug-likeness (QED) is 0.760. The first-order valence-electron chi connectivity index (χ1n) is 8.92. The van der Waals surface area contributed by atoms with Crippen molar-refractivity contribution < 1.29 is 14.4 Å². The molecule has 0 radical (unpaired) electrons. The van der Waals surface area contributed by atoms with E-state index in [-0.39, 0.29) is 17.5 Å². The Morgan fingerprint density at radius 2 is 2.00 bits per heavy atom. The van der Waals surface area contributed by atoms with Gasteiger partial charge in [0.2, 0.25) is 0 Å². The van der Waals surface area contributed by atoms with Crippen LogP contribution in [0.15, 0.2) is 53.3 Å². The lowest BCUT2D eigenvalue weighted by atomic mass is 10.2. The summed E-state index contributed by atoms with van der Waals surface area (Å²) >= 11 is 0. The zero-order valence-electron chi connectivity index (χ0n) is 14.4. The minimum absolute atomic E-state index is 0.136. The van der Waals surface area contributed by atoms with Crippen LogP contribution in [0.1, 0.15) is 18.7 Å². The summed E-state index contributed by atoms with van der Waals surface area (Å²) in [5.74, 6) is 0.320. The summed E-state index contributed by atoms with van der Waals surface area (Å²) < 4.78 is 20.5. The molecule has 26 heavy (non-hydrogen) atoms. The smallest absolute Gasteiger partial charge is 0.266 e. The van der Waals surface area contributed by atoms with E-state index in [0.29, 0.717) is 29.0 Å². The zero-order valence-corrected chi connectivity index (χ0v) is 14.4. The number of nitrogens with zero attached hydrogens (tertiary/aromatic N) is 2. The van der Waals surface area contributed by atoms with Crippen molar-refractivity contribution >= 4 is 10.9 Å². The van der Waals surface area contributed by atoms with E-state index in [1.54, 1.807) is 22.8 Å². The second kappa shape index (κ2) is 7.35. The minimum Gasteiger partial charge on any atom is -0.372 e. The van der Waals surface area contributed by atoms with Gasteiger partial charge in [-0.1, -0.05) is 12.1 Å². The van der Waals surface area contributed by atoms with E-state index in [4.69, 9.17) is 9.72 Å². The summed E-state index contributed by atoms with van der Waals surface area (Å²) in [5.41, 5.74) is 1.16.